The number of thiophene rings is 1. The topological polar surface area (TPSA) is 68.0 Å². The highest BCUT2D eigenvalue weighted by Gasteiger charge is 2.19. The third-order valence-electron chi connectivity index (χ3n) is 3.60. The molecule has 0 saturated heterocycles. The van der Waals surface area contributed by atoms with Gasteiger partial charge in [-0.15, -0.1) is 11.3 Å². The maximum absolute atomic E-state index is 12.4. The molecule has 2 heterocycles. The second-order valence-electron chi connectivity index (χ2n) is 5.62. The Balaban J connectivity index is 2.28. The first-order valence-electron chi connectivity index (χ1n) is 7.41. The Morgan fingerprint density at radius 3 is 2.86 bits per heavy atom. The van der Waals surface area contributed by atoms with Crippen molar-refractivity contribution < 1.29 is 4.79 Å². The molecule has 0 aliphatic heterocycles. The van der Waals surface area contributed by atoms with Crippen LogP contribution in [0.5, 0.6) is 0 Å². The molecule has 0 aromatic carbocycles. The zero-order chi connectivity index (χ0) is 15.6. The minimum atomic E-state index is -0.0869. The molecule has 0 saturated carbocycles. The van der Waals surface area contributed by atoms with E-state index in [9.17, 15) is 4.79 Å². The highest BCUT2D eigenvalue weighted by molar-refractivity contribution is 7.21. The van der Waals surface area contributed by atoms with Gasteiger partial charge in [-0.25, -0.2) is 4.98 Å². The molecule has 114 valence electrons. The lowest BCUT2D eigenvalue weighted by molar-refractivity contribution is 0.0943. The molecule has 2 aromatic rings. The van der Waals surface area contributed by atoms with E-state index in [0.29, 0.717) is 10.6 Å². The van der Waals surface area contributed by atoms with Crippen LogP contribution in [0, 0.1) is 13.8 Å². The molecule has 2 rings (SSSR count). The van der Waals surface area contributed by atoms with Crippen molar-refractivity contribution >= 4 is 33.1 Å². The van der Waals surface area contributed by atoms with Crippen LogP contribution in [0.15, 0.2) is 6.07 Å². The number of carbonyl (C=O) groups excluding carboxylic acids is 1. The summed E-state index contributed by atoms with van der Waals surface area (Å²) in [5, 5.41) is 3.94. The van der Waals surface area contributed by atoms with Gasteiger partial charge in [0.15, 0.2) is 0 Å². The summed E-state index contributed by atoms with van der Waals surface area (Å²) in [6.45, 7) is 8.14. The van der Waals surface area contributed by atoms with Crippen LogP contribution in [0.4, 0.5) is 5.69 Å². The number of fused-ring (bicyclic) bond motifs is 1. The summed E-state index contributed by atoms with van der Waals surface area (Å²) in [6, 6.07) is 2.16. The van der Waals surface area contributed by atoms with E-state index in [1.807, 2.05) is 26.8 Å². The molecule has 0 aliphatic carbocycles. The van der Waals surface area contributed by atoms with E-state index in [0.717, 1.165) is 40.7 Å². The Morgan fingerprint density at radius 1 is 1.48 bits per heavy atom. The van der Waals surface area contributed by atoms with Gasteiger partial charge in [-0.3, -0.25) is 4.79 Å². The van der Waals surface area contributed by atoms with Crippen molar-refractivity contribution in [1.29, 1.82) is 0 Å². The van der Waals surface area contributed by atoms with Gasteiger partial charge in [0, 0.05) is 17.1 Å². The van der Waals surface area contributed by atoms with Crippen LogP contribution in [-0.2, 0) is 0 Å². The smallest absolute Gasteiger partial charge is 0.263 e. The van der Waals surface area contributed by atoms with E-state index in [1.54, 1.807) is 0 Å². The van der Waals surface area contributed by atoms with Crippen LogP contribution in [0.3, 0.4) is 0 Å². The molecule has 0 fully saturated rings. The maximum atomic E-state index is 12.4. The predicted molar refractivity (Wildman–Crippen MR) is 90.0 cm³/mol. The van der Waals surface area contributed by atoms with Crippen LogP contribution in [0.1, 0.15) is 54.0 Å². The van der Waals surface area contributed by atoms with E-state index < -0.39 is 0 Å². The number of rotatable bonds is 5. The molecular weight excluding hydrogens is 282 g/mol. The molecule has 1 atom stereocenters. The van der Waals surface area contributed by atoms with Gasteiger partial charge in [-0.2, -0.15) is 0 Å². The fourth-order valence-electron chi connectivity index (χ4n) is 2.51. The number of nitrogens with two attached hydrogens (primary N) is 1. The molecule has 4 nitrogen and oxygen atoms in total. The maximum Gasteiger partial charge on any atom is 0.263 e. The van der Waals surface area contributed by atoms with Gasteiger partial charge in [0.2, 0.25) is 0 Å². The number of unbranched alkanes of at least 4 members (excludes halogenated alkanes) is 1. The Bertz CT molecular complexity index is 663. The zero-order valence-electron chi connectivity index (χ0n) is 13.1. The summed E-state index contributed by atoms with van der Waals surface area (Å²) in [4.78, 5) is 18.3. The van der Waals surface area contributed by atoms with Crippen LogP contribution in [0.25, 0.3) is 10.2 Å². The number of nitrogens with one attached hydrogen (secondary N) is 1. The van der Waals surface area contributed by atoms with Crippen LogP contribution in [0.2, 0.25) is 0 Å². The summed E-state index contributed by atoms with van der Waals surface area (Å²) >= 11 is 1.38. The number of carbonyl (C=O) groups is 1. The van der Waals surface area contributed by atoms with Crippen molar-refractivity contribution in [3.8, 4) is 0 Å². The minimum absolute atomic E-state index is 0.0869. The van der Waals surface area contributed by atoms with E-state index >= 15 is 0 Å². The van der Waals surface area contributed by atoms with Gasteiger partial charge < -0.3 is 11.1 Å². The van der Waals surface area contributed by atoms with Crippen molar-refractivity contribution in [2.45, 2.75) is 53.0 Å². The lowest BCUT2D eigenvalue weighted by atomic mass is 10.1. The van der Waals surface area contributed by atoms with E-state index in [4.69, 9.17) is 5.73 Å². The number of anilines is 1. The van der Waals surface area contributed by atoms with Gasteiger partial charge >= 0.3 is 0 Å². The van der Waals surface area contributed by atoms with E-state index in [1.165, 1.54) is 11.3 Å². The van der Waals surface area contributed by atoms with Crippen molar-refractivity contribution in [2.75, 3.05) is 5.73 Å². The first-order chi connectivity index (χ1) is 9.93. The molecule has 21 heavy (non-hydrogen) atoms. The summed E-state index contributed by atoms with van der Waals surface area (Å²) in [7, 11) is 0. The number of nitrogens with zero attached hydrogens (tertiary/aromatic N) is 1. The Kier molecular flexibility index (Phi) is 4.83. The monoisotopic (exact) mass is 305 g/mol. The first kappa shape index (κ1) is 15.8. The molecule has 5 heteroatoms. The molecule has 3 N–H and O–H groups in total. The molecule has 1 unspecified atom stereocenters. The molecule has 0 radical (unpaired) electrons. The van der Waals surface area contributed by atoms with Gasteiger partial charge in [0.05, 0.1) is 5.69 Å². The Labute approximate surface area is 129 Å². The number of aromatic nitrogens is 1. The number of pyridine rings is 1. The molecule has 0 bridgehead atoms. The number of amides is 1. The standard InChI is InChI=1S/C16H23N3OS/c1-5-6-7-10(3)18-15(20)14-13(17)12-9(2)8-11(4)19-16(12)21-14/h8,10H,5-7,17H2,1-4H3,(H,18,20). The molecule has 1 amide bonds. The average Bonchev–Trinajstić information content (AvgIpc) is 2.73. The number of nitrogen functional groups attached to an aromatic ring is 1. The summed E-state index contributed by atoms with van der Waals surface area (Å²) in [6.07, 6.45) is 3.24. The highest BCUT2D eigenvalue weighted by Crippen LogP contribution is 2.34. The highest BCUT2D eigenvalue weighted by atomic mass is 32.1. The largest absolute Gasteiger partial charge is 0.397 e. The number of aryl methyl sites for hydroxylation is 2. The van der Waals surface area contributed by atoms with E-state index in [-0.39, 0.29) is 11.9 Å². The fraction of sp³-hybridized carbons (Fsp3) is 0.500. The fourth-order valence-corrected chi connectivity index (χ4v) is 3.63. The lowest BCUT2D eigenvalue weighted by Gasteiger charge is -2.12. The normalized spacial score (nSPS) is 12.6. The second kappa shape index (κ2) is 6.43. The van der Waals surface area contributed by atoms with E-state index in [2.05, 4.69) is 17.2 Å². The van der Waals surface area contributed by atoms with Crippen molar-refractivity contribution in [1.82, 2.24) is 10.3 Å². The van der Waals surface area contributed by atoms with Crippen molar-refractivity contribution in [2.24, 2.45) is 0 Å². The van der Waals surface area contributed by atoms with Crippen molar-refractivity contribution in [3.05, 3.63) is 22.2 Å². The van der Waals surface area contributed by atoms with Crippen LogP contribution < -0.4 is 11.1 Å². The number of hydrogen-bond donors (Lipinski definition) is 2. The third kappa shape index (κ3) is 3.35. The van der Waals surface area contributed by atoms with Crippen molar-refractivity contribution in [3.63, 3.8) is 0 Å². The zero-order valence-corrected chi connectivity index (χ0v) is 13.9. The summed E-state index contributed by atoms with van der Waals surface area (Å²) in [5.41, 5.74) is 8.75. The molecule has 0 spiro atoms. The molecule has 0 aliphatic rings. The Morgan fingerprint density at radius 2 is 2.19 bits per heavy atom. The second-order valence-corrected chi connectivity index (χ2v) is 6.62. The third-order valence-corrected chi connectivity index (χ3v) is 4.70. The van der Waals surface area contributed by atoms with Gasteiger partial charge in [-0.05, 0) is 38.8 Å². The minimum Gasteiger partial charge on any atom is -0.397 e. The molecule has 2 aromatic heterocycles. The average molecular weight is 305 g/mol. The SMILES string of the molecule is CCCCC(C)NC(=O)c1sc2nc(C)cc(C)c2c1N. The predicted octanol–water partition coefficient (Wildman–Crippen LogP) is 3.80. The van der Waals surface area contributed by atoms with Gasteiger partial charge in [0.1, 0.15) is 9.71 Å². The summed E-state index contributed by atoms with van der Waals surface area (Å²) in [5.74, 6) is -0.0869. The quantitative estimate of drug-likeness (QED) is 0.882. The van der Waals surface area contributed by atoms with Crippen LogP contribution >= 0.6 is 11.3 Å². The van der Waals surface area contributed by atoms with Gasteiger partial charge in [0.25, 0.3) is 5.91 Å². The van der Waals surface area contributed by atoms with Crippen LogP contribution in [-0.4, -0.2) is 16.9 Å². The molecular formula is C16H23N3OS. The first-order valence-corrected chi connectivity index (χ1v) is 8.22. The lowest BCUT2D eigenvalue weighted by Crippen LogP contribution is -2.32. The van der Waals surface area contributed by atoms with Gasteiger partial charge in [-0.1, -0.05) is 19.8 Å². The number of hydrogen-bond acceptors (Lipinski definition) is 4. The summed E-state index contributed by atoms with van der Waals surface area (Å²) < 4.78 is 0. The Hall–Kier alpha value is -1.62.